The molecule has 5 heteroatoms. The van der Waals surface area contributed by atoms with Gasteiger partial charge in [-0.05, 0) is 42.5 Å². The van der Waals surface area contributed by atoms with E-state index in [0.29, 0.717) is 11.2 Å². The molecule has 0 amide bonds. The SMILES string of the molecule is O=S(=O)(c1ccccc1)n1c(-c2ccc3[nH]ccc3c2)cc2ccccc21. The summed E-state index contributed by atoms with van der Waals surface area (Å²) >= 11 is 0. The Morgan fingerprint density at radius 2 is 1.52 bits per heavy atom. The molecule has 0 fully saturated rings. The van der Waals surface area contributed by atoms with Crippen LogP contribution in [-0.2, 0) is 10.0 Å². The number of hydrogen-bond donors (Lipinski definition) is 1. The highest BCUT2D eigenvalue weighted by Crippen LogP contribution is 2.33. The summed E-state index contributed by atoms with van der Waals surface area (Å²) in [5.41, 5.74) is 3.21. The predicted octanol–water partition coefficient (Wildman–Crippen LogP) is 5.03. The molecule has 0 unspecified atom stereocenters. The smallest absolute Gasteiger partial charge is 0.268 e. The van der Waals surface area contributed by atoms with Crippen LogP contribution in [0.1, 0.15) is 0 Å². The topological polar surface area (TPSA) is 54.9 Å². The molecule has 0 aliphatic carbocycles. The second-order valence-corrected chi connectivity index (χ2v) is 8.24. The predicted molar refractivity (Wildman–Crippen MR) is 108 cm³/mol. The molecule has 5 rings (SSSR count). The van der Waals surface area contributed by atoms with Crippen molar-refractivity contribution in [3.63, 3.8) is 0 Å². The minimum absolute atomic E-state index is 0.273. The van der Waals surface area contributed by atoms with E-state index >= 15 is 0 Å². The maximum Gasteiger partial charge on any atom is 0.268 e. The fraction of sp³-hybridized carbons (Fsp3) is 0. The molecule has 0 aliphatic heterocycles. The lowest BCUT2D eigenvalue weighted by Gasteiger charge is -2.12. The zero-order chi connectivity index (χ0) is 18.4. The number of rotatable bonds is 3. The average molecular weight is 372 g/mol. The molecule has 0 saturated carbocycles. The molecule has 4 nitrogen and oxygen atoms in total. The van der Waals surface area contributed by atoms with Gasteiger partial charge < -0.3 is 4.98 Å². The van der Waals surface area contributed by atoms with Gasteiger partial charge in [-0.2, -0.15) is 0 Å². The summed E-state index contributed by atoms with van der Waals surface area (Å²) in [5, 5.41) is 1.93. The number of aromatic nitrogens is 2. The third kappa shape index (κ3) is 2.47. The van der Waals surface area contributed by atoms with Crippen LogP contribution in [0.15, 0.2) is 96.0 Å². The third-order valence-corrected chi connectivity index (χ3v) is 6.54. The minimum atomic E-state index is -3.73. The van der Waals surface area contributed by atoms with Gasteiger partial charge in [0.15, 0.2) is 0 Å². The molecule has 27 heavy (non-hydrogen) atoms. The number of H-pyrrole nitrogens is 1. The van der Waals surface area contributed by atoms with Crippen LogP contribution in [0.5, 0.6) is 0 Å². The largest absolute Gasteiger partial charge is 0.361 e. The van der Waals surface area contributed by atoms with E-state index in [9.17, 15) is 8.42 Å². The second-order valence-electron chi connectivity index (χ2n) is 6.45. The molecule has 0 aliphatic rings. The second kappa shape index (κ2) is 5.86. The van der Waals surface area contributed by atoms with Gasteiger partial charge in [-0.1, -0.05) is 42.5 Å². The quantitative estimate of drug-likeness (QED) is 0.483. The monoisotopic (exact) mass is 372 g/mol. The van der Waals surface area contributed by atoms with E-state index < -0.39 is 10.0 Å². The van der Waals surface area contributed by atoms with Crippen molar-refractivity contribution in [2.45, 2.75) is 4.90 Å². The van der Waals surface area contributed by atoms with Crippen molar-refractivity contribution in [3.05, 3.63) is 91.1 Å². The maximum absolute atomic E-state index is 13.5. The standard InChI is InChI=1S/C22H16N2O2S/c25-27(26,19-7-2-1-3-8-19)24-21-9-5-4-6-17(21)15-22(24)18-10-11-20-16(14-18)12-13-23-20/h1-15,23H. The Kier molecular flexibility index (Phi) is 3.45. The van der Waals surface area contributed by atoms with Crippen LogP contribution in [-0.4, -0.2) is 17.4 Å². The first-order valence-corrected chi connectivity index (χ1v) is 10.1. The number of hydrogen-bond acceptors (Lipinski definition) is 2. The van der Waals surface area contributed by atoms with Crippen LogP contribution in [0.2, 0.25) is 0 Å². The fourth-order valence-electron chi connectivity index (χ4n) is 3.50. The molecule has 2 aromatic heterocycles. The first-order valence-electron chi connectivity index (χ1n) is 8.63. The van der Waals surface area contributed by atoms with Gasteiger partial charge in [0.2, 0.25) is 0 Å². The van der Waals surface area contributed by atoms with Crippen molar-refractivity contribution in [1.82, 2.24) is 8.96 Å². The molecule has 0 bridgehead atoms. The first kappa shape index (κ1) is 15.9. The Morgan fingerprint density at radius 3 is 2.37 bits per heavy atom. The number of para-hydroxylation sites is 1. The molecular weight excluding hydrogens is 356 g/mol. The lowest BCUT2D eigenvalue weighted by molar-refractivity contribution is 0.589. The number of nitrogens with zero attached hydrogens (tertiary/aromatic N) is 1. The van der Waals surface area contributed by atoms with Crippen molar-refractivity contribution in [2.24, 2.45) is 0 Å². The fourth-order valence-corrected chi connectivity index (χ4v) is 5.05. The van der Waals surface area contributed by atoms with Crippen molar-refractivity contribution < 1.29 is 8.42 Å². The van der Waals surface area contributed by atoms with E-state index in [1.54, 1.807) is 24.3 Å². The Morgan fingerprint density at radius 1 is 0.741 bits per heavy atom. The number of nitrogens with one attached hydrogen (secondary N) is 1. The maximum atomic E-state index is 13.5. The van der Waals surface area contributed by atoms with Crippen molar-refractivity contribution in [1.29, 1.82) is 0 Å². The van der Waals surface area contributed by atoms with Gasteiger partial charge in [0.25, 0.3) is 10.0 Å². The van der Waals surface area contributed by atoms with Crippen LogP contribution >= 0.6 is 0 Å². The van der Waals surface area contributed by atoms with Crippen molar-refractivity contribution in [2.75, 3.05) is 0 Å². The van der Waals surface area contributed by atoms with Crippen LogP contribution < -0.4 is 0 Å². The summed E-state index contributed by atoms with van der Waals surface area (Å²) in [5.74, 6) is 0. The van der Waals surface area contributed by atoms with Crippen molar-refractivity contribution in [3.8, 4) is 11.3 Å². The van der Waals surface area contributed by atoms with Gasteiger partial charge in [0, 0.05) is 28.0 Å². The summed E-state index contributed by atoms with van der Waals surface area (Å²) in [6.45, 7) is 0. The van der Waals surface area contributed by atoms with Gasteiger partial charge in [0.1, 0.15) is 0 Å². The van der Waals surface area contributed by atoms with E-state index in [4.69, 9.17) is 0 Å². The zero-order valence-electron chi connectivity index (χ0n) is 14.3. The first-order chi connectivity index (χ1) is 13.1. The number of fused-ring (bicyclic) bond motifs is 2. The highest BCUT2D eigenvalue weighted by molar-refractivity contribution is 7.90. The minimum Gasteiger partial charge on any atom is -0.361 e. The summed E-state index contributed by atoms with van der Waals surface area (Å²) in [6.07, 6.45) is 1.88. The summed E-state index contributed by atoms with van der Waals surface area (Å²) in [6, 6.07) is 26.0. The van der Waals surface area contributed by atoms with Crippen molar-refractivity contribution >= 4 is 31.8 Å². The summed E-state index contributed by atoms with van der Waals surface area (Å²) < 4.78 is 28.4. The average Bonchev–Trinajstić information content (AvgIpc) is 3.32. The molecule has 0 radical (unpaired) electrons. The Labute approximate surface area is 156 Å². The highest BCUT2D eigenvalue weighted by Gasteiger charge is 2.23. The molecule has 0 atom stereocenters. The van der Waals surface area contributed by atoms with Gasteiger partial charge in [0.05, 0.1) is 16.1 Å². The van der Waals surface area contributed by atoms with Crippen LogP contribution in [0.4, 0.5) is 0 Å². The summed E-state index contributed by atoms with van der Waals surface area (Å²) in [7, 11) is -3.73. The Hall–Kier alpha value is -3.31. The molecule has 2 heterocycles. The van der Waals surface area contributed by atoms with E-state index in [1.807, 2.05) is 66.9 Å². The lowest BCUT2D eigenvalue weighted by Crippen LogP contribution is -2.14. The van der Waals surface area contributed by atoms with E-state index in [-0.39, 0.29) is 4.90 Å². The number of benzene rings is 3. The van der Waals surface area contributed by atoms with Crippen LogP contribution in [0.25, 0.3) is 33.1 Å². The normalized spacial score (nSPS) is 12.0. The zero-order valence-corrected chi connectivity index (χ0v) is 15.1. The van der Waals surface area contributed by atoms with E-state index in [2.05, 4.69) is 4.98 Å². The molecule has 0 saturated heterocycles. The lowest BCUT2D eigenvalue weighted by atomic mass is 10.1. The van der Waals surface area contributed by atoms with Crippen LogP contribution in [0, 0.1) is 0 Å². The van der Waals surface area contributed by atoms with Crippen LogP contribution in [0.3, 0.4) is 0 Å². The Balaban J connectivity index is 1.84. The molecular formula is C22H16N2O2S. The van der Waals surface area contributed by atoms with Gasteiger partial charge in [-0.25, -0.2) is 12.4 Å². The Bertz CT molecular complexity index is 1380. The van der Waals surface area contributed by atoms with Gasteiger partial charge >= 0.3 is 0 Å². The molecule has 5 aromatic rings. The highest BCUT2D eigenvalue weighted by atomic mass is 32.2. The molecule has 1 N–H and O–H groups in total. The van der Waals surface area contributed by atoms with Gasteiger partial charge in [-0.15, -0.1) is 0 Å². The third-order valence-electron chi connectivity index (χ3n) is 4.80. The van der Waals surface area contributed by atoms with Gasteiger partial charge in [-0.3, -0.25) is 0 Å². The van der Waals surface area contributed by atoms with E-state index in [1.165, 1.54) is 3.97 Å². The molecule has 132 valence electrons. The molecule has 3 aromatic carbocycles. The summed E-state index contributed by atoms with van der Waals surface area (Å²) in [4.78, 5) is 3.44. The molecule has 0 spiro atoms. The number of aromatic amines is 1. The van der Waals surface area contributed by atoms with E-state index in [0.717, 1.165) is 21.9 Å².